The fourth-order valence-corrected chi connectivity index (χ4v) is 10.9. The molecule has 0 N–H and O–H groups in total. The quantitative estimate of drug-likeness (QED) is 0.138. The van der Waals surface area contributed by atoms with Crippen LogP contribution in [0.2, 0.25) is 0 Å². The summed E-state index contributed by atoms with van der Waals surface area (Å²) in [6, 6.07) is 15.9. The summed E-state index contributed by atoms with van der Waals surface area (Å²) in [4.78, 5) is 2.62. The highest BCUT2D eigenvalue weighted by atomic mass is 32.2. The van der Waals surface area contributed by atoms with E-state index in [1.54, 1.807) is 10.5 Å². The van der Waals surface area contributed by atoms with Crippen LogP contribution in [-0.4, -0.2) is 17.1 Å². The maximum absolute atomic E-state index is 6.21. The second-order valence-corrected chi connectivity index (χ2v) is 15.8. The van der Waals surface area contributed by atoms with E-state index in [0.29, 0.717) is 23.7 Å². The minimum atomic E-state index is -0.283. The van der Waals surface area contributed by atoms with Crippen LogP contribution < -0.4 is 0 Å². The molecule has 262 valence electrons. The minimum Gasteiger partial charge on any atom is -0.496 e. The lowest BCUT2D eigenvalue weighted by atomic mass is 9.53. The number of hydrogen-bond donors (Lipinski definition) is 2. The molecule has 0 spiro atoms. The first-order valence-electron chi connectivity index (χ1n) is 18.2. The molecule has 2 aliphatic carbocycles. The van der Waals surface area contributed by atoms with E-state index in [1.807, 2.05) is 46.4 Å². The van der Waals surface area contributed by atoms with Crippen LogP contribution in [0.15, 0.2) is 82.3 Å². The number of allylic oxidation sites excluding steroid dienone is 3. The van der Waals surface area contributed by atoms with Gasteiger partial charge in [0.1, 0.15) is 0 Å². The number of aryl methyl sites for hydroxylation is 1. The summed E-state index contributed by atoms with van der Waals surface area (Å²) in [5, 5.41) is 0. The molecule has 47 heavy (non-hydrogen) atoms. The molecule has 1 nitrogen and oxygen atoms in total. The van der Waals surface area contributed by atoms with Gasteiger partial charge in [-0.05, 0) is 123 Å². The van der Waals surface area contributed by atoms with Gasteiger partial charge >= 0.3 is 0 Å². The van der Waals surface area contributed by atoms with Gasteiger partial charge in [0, 0.05) is 21.5 Å². The lowest BCUT2D eigenvalue weighted by Crippen LogP contribution is -2.55. The van der Waals surface area contributed by atoms with E-state index in [1.165, 1.54) is 47.1 Å². The molecule has 1 fully saturated rings. The Morgan fingerprint density at radius 2 is 1.62 bits per heavy atom. The fourth-order valence-electron chi connectivity index (χ4n) is 8.73. The van der Waals surface area contributed by atoms with Crippen molar-refractivity contribution in [2.75, 3.05) is 6.26 Å². The van der Waals surface area contributed by atoms with Crippen LogP contribution in [-0.2, 0) is 4.74 Å². The van der Waals surface area contributed by atoms with Crippen molar-refractivity contribution in [2.45, 2.75) is 136 Å². The third-order valence-electron chi connectivity index (χ3n) is 10.7. The number of hydrogen-bond acceptors (Lipinski definition) is 4. The second kappa shape index (κ2) is 18.5. The van der Waals surface area contributed by atoms with Gasteiger partial charge < -0.3 is 4.74 Å². The largest absolute Gasteiger partial charge is 0.496 e. The molecule has 7 atom stereocenters. The molecule has 2 aromatic rings. The average molecular weight is 695 g/mol. The zero-order chi connectivity index (χ0) is 35.7. The SMILES string of the molecule is C=C(C)OC(C)C1CCC(C)(CC2=C(SC)[C@H](c3ccc(-c4cc(C)cc(S)c4)cc3)CC2CC)C(CC)C1(S)C(=C)C.CC.CC. The molecule has 4 rings (SSSR count). The summed E-state index contributed by atoms with van der Waals surface area (Å²) in [6.07, 6.45) is 9.24. The Kier molecular flexibility index (Phi) is 16.4. The number of ether oxygens (including phenoxy) is 1. The molecule has 0 bridgehead atoms. The van der Waals surface area contributed by atoms with Gasteiger partial charge in [0.2, 0.25) is 0 Å². The number of benzene rings is 2. The number of rotatable bonds is 11. The molecule has 0 radical (unpaired) electrons. The molecule has 0 aromatic heterocycles. The molecule has 6 unspecified atom stereocenters. The van der Waals surface area contributed by atoms with Crippen molar-refractivity contribution in [1.82, 2.24) is 0 Å². The zero-order valence-corrected chi connectivity index (χ0v) is 34.4. The lowest BCUT2D eigenvalue weighted by Gasteiger charge is -2.57. The summed E-state index contributed by atoms with van der Waals surface area (Å²) in [6.45, 7) is 32.3. The predicted molar refractivity (Wildman–Crippen MR) is 219 cm³/mol. The Hall–Kier alpha value is -1.49. The van der Waals surface area contributed by atoms with Crippen molar-refractivity contribution in [2.24, 2.45) is 23.2 Å². The van der Waals surface area contributed by atoms with Gasteiger partial charge in [-0.15, -0.1) is 24.4 Å². The molecular formula is C43H66OS3. The smallest absolute Gasteiger partial charge is 0.0998 e. The van der Waals surface area contributed by atoms with Crippen molar-refractivity contribution in [3.8, 4) is 11.1 Å². The molecule has 2 aromatic carbocycles. The van der Waals surface area contributed by atoms with E-state index in [9.17, 15) is 0 Å². The summed E-state index contributed by atoms with van der Waals surface area (Å²) < 4.78 is 5.93. The van der Waals surface area contributed by atoms with Gasteiger partial charge in [0.25, 0.3) is 0 Å². The second-order valence-electron chi connectivity index (χ2n) is 13.7. The Morgan fingerprint density at radius 1 is 1.00 bits per heavy atom. The molecule has 0 heterocycles. The van der Waals surface area contributed by atoms with Crippen molar-refractivity contribution in [3.63, 3.8) is 0 Å². The Bertz CT molecular complexity index is 1340. The average Bonchev–Trinajstić information content (AvgIpc) is 3.38. The summed E-state index contributed by atoms with van der Waals surface area (Å²) in [7, 11) is 0. The van der Waals surface area contributed by atoms with Gasteiger partial charge in [-0.2, -0.15) is 12.6 Å². The van der Waals surface area contributed by atoms with E-state index in [4.69, 9.17) is 17.4 Å². The molecule has 1 saturated carbocycles. The first-order chi connectivity index (χ1) is 22.3. The number of thiol groups is 2. The van der Waals surface area contributed by atoms with Crippen LogP contribution in [0.1, 0.15) is 125 Å². The first kappa shape index (κ1) is 41.7. The highest BCUT2D eigenvalue weighted by Gasteiger charge is 2.56. The van der Waals surface area contributed by atoms with Gasteiger partial charge in [0.05, 0.1) is 11.9 Å². The summed E-state index contributed by atoms with van der Waals surface area (Å²) in [5.41, 5.74) is 8.20. The molecule has 4 heteroatoms. The van der Waals surface area contributed by atoms with Crippen LogP contribution in [0.5, 0.6) is 0 Å². The van der Waals surface area contributed by atoms with E-state index in [2.05, 4.69) is 116 Å². The van der Waals surface area contributed by atoms with Crippen LogP contribution >= 0.6 is 37.0 Å². The van der Waals surface area contributed by atoms with Crippen molar-refractivity contribution in [1.29, 1.82) is 0 Å². The normalized spacial score (nSPS) is 27.6. The topological polar surface area (TPSA) is 9.23 Å². The van der Waals surface area contributed by atoms with E-state index >= 15 is 0 Å². The zero-order valence-electron chi connectivity index (χ0n) is 31.8. The third kappa shape index (κ3) is 9.20. The molecule has 0 aliphatic heterocycles. The molecule has 0 amide bonds. The first-order valence-corrected chi connectivity index (χ1v) is 20.3. The van der Waals surface area contributed by atoms with E-state index in [0.717, 1.165) is 29.9 Å². The number of thioether (sulfide) groups is 1. The fraction of sp³-hybridized carbons (Fsp3) is 0.581. The van der Waals surface area contributed by atoms with Crippen LogP contribution in [0.25, 0.3) is 11.1 Å². The van der Waals surface area contributed by atoms with Gasteiger partial charge in [-0.25, -0.2) is 0 Å². The minimum absolute atomic E-state index is 0.0626. The molecule has 0 saturated heterocycles. The van der Waals surface area contributed by atoms with Crippen molar-refractivity contribution >= 4 is 37.0 Å². The summed E-state index contributed by atoms with van der Waals surface area (Å²) >= 11 is 12.2. The third-order valence-corrected chi connectivity index (χ3v) is 12.9. The Morgan fingerprint density at radius 3 is 2.11 bits per heavy atom. The molecular weight excluding hydrogens is 629 g/mol. The van der Waals surface area contributed by atoms with Crippen molar-refractivity contribution in [3.05, 3.63) is 88.6 Å². The highest BCUT2D eigenvalue weighted by molar-refractivity contribution is 8.02. The van der Waals surface area contributed by atoms with Gasteiger partial charge in [0.15, 0.2) is 0 Å². The van der Waals surface area contributed by atoms with E-state index in [-0.39, 0.29) is 16.3 Å². The van der Waals surface area contributed by atoms with Crippen LogP contribution in [0.3, 0.4) is 0 Å². The van der Waals surface area contributed by atoms with Gasteiger partial charge in [-0.3, -0.25) is 0 Å². The van der Waals surface area contributed by atoms with Crippen LogP contribution in [0, 0.1) is 30.1 Å². The highest BCUT2D eigenvalue weighted by Crippen LogP contribution is 2.62. The maximum atomic E-state index is 6.21. The van der Waals surface area contributed by atoms with Gasteiger partial charge in [-0.1, -0.05) is 110 Å². The molecule has 2 aliphatic rings. The van der Waals surface area contributed by atoms with Crippen LogP contribution in [0.4, 0.5) is 0 Å². The monoisotopic (exact) mass is 694 g/mol. The van der Waals surface area contributed by atoms with Crippen molar-refractivity contribution < 1.29 is 4.74 Å². The Labute approximate surface area is 305 Å². The Balaban J connectivity index is 0.00000185. The maximum Gasteiger partial charge on any atom is 0.0998 e. The standard InChI is InChI=1S/C39H54OS3.2C2H6/c1-11-28-22-33(30-15-13-29(14-16-30)31-19-26(7)20-32(41)21-31)37(43-10)34(28)23-38(9)18-17-35(27(8)40-25(5)6)39(42,24(3)4)36(38)12-2;2*1-2/h13-16,19-21,27-28,33,35-36,41-42H,3,5,11-12,17-18,22-23H2,1-2,4,6-10H3;2*1-2H3/t27?,28?,33-,35?,36?,38?,39?;;/m0../s1. The predicted octanol–water partition coefficient (Wildman–Crippen LogP) is 14.1. The lowest BCUT2D eigenvalue weighted by molar-refractivity contribution is -0.0168. The summed E-state index contributed by atoms with van der Waals surface area (Å²) in [5.74, 6) is 2.58. The van der Waals surface area contributed by atoms with E-state index < -0.39 is 0 Å².